The molecule has 1 aromatic heterocycles. The lowest BCUT2D eigenvalue weighted by atomic mass is 9.62. The molecule has 48 heavy (non-hydrogen) atoms. The first kappa shape index (κ1) is 28.3. The fourth-order valence-electron chi connectivity index (χ4n) is 7.82. The number of nitrogens with zero attached hydrogens (tertiary/aromatic N) is 2. The van der Waals surface area contributed by atoms with Gasteiger partial charge in [-0.05, 0) is 86.2 Å². The molecule has 0 aliphatic heterocycles. The van der Waals surface area contributed by atoms with Crippen LogP contribution in [0.3, 0.4) is 0 Å². The Morgan fingerprint density at radius 3 is 1.92 bits per heavy atom. The highest BCUT2D eigenvalue weighted by molar-refractivity contribution is 5.92. The Bertz CT molecular complexity index is 2500. The minimum absolute atomic E-state index is 0.214. The van der Waals surface area contributed by atoms with Crippen LogP contribution in [-0.2, 0) is 0 Å². The Morgan fingerprint density at radius 2 is 1.17 bits per heavy atom. The third-order valence-corrected chi connectivity index (χ3v) is 10.1. The number of imidazole rings is 1. The number of fused-ring (bicyclic) bond motifs is 3. The van der Waals surface area contributed by atoms with Crippen LogP contribution in [0.4, 0.5) is 0 Å². The van der Waals surface area contributed by atoms with E-state index in [1.165, 1.54) is 49.4 Å². The molecule has 0 saturated carbocycles. The zero-order valence-electron chi connectivity index (χ0n) is 26.8. The molecule has 9 rings (SSSR count). The van der Waals surface area contributed by atoms with Crippen molar-refractivity contribution >= 4 is 22.2 Å². The number of allylic oxidation sites excluding steroid dienone is 4. The van der Waals surface area contributed by atoms with Crippen LogP contribution in [0, 0.1) is 5.41 Å². The first-order valence-electron chi connectivity index (χ1n) is 16.7. The molecule has 0 radical (unpaired) electrons. The molecule has 2 heteroatoms. The lowest BCUT2D eigenvalue weighted by molar-refractivity contribution is 0.547. The van der Waals surface area contributed by atoms with Gasteiger partial charge in [0.2, 0.25) is 0 Å². The van der Waals surface area contributed by atoms with Crippen LogP contribution in [-0.4, -0.2) is 9.55 Å². The first-order chi connectivity index (χ1) is 23.7. The zero-order valence-corrected chi connectivity index (χ0v) is 26.8. The molecule has 0 fully saturated rings. The van der Waals surface area contributed by atoms with Crippen LogP contribution in [0.1, 0.15) is 24.5 Å². The molecule has 0 N–H and O–H groups in total. The summed E-state index contributed by atoms with van der Waals surface area (Å²) >= 11 is 0. The fraction of sp³-hybridized carbons (Fsp3) is 0.0652. The Balaban J connectivity index is 1.36. The first-order valence-corrected chi connectivity index (χ1v) is 16.7. The highest BCUT2D eigenvalue weighted by Gasteiger charge is 2.39. The molecular weight excluding hydrogens is 581 g/mol. The second kappa shape index (κ2) is 11.4. The number of aromatic nitrogens is 2. The molecule has 2 aliphatic carbocycles. The van der Waals surface area contributed by atoms with E-state index in [-0.39, 0.29) is 5.41 Å². The van der Waals surface area contributed by atoms with Gasteiger partial charge in [-0.3, -0.25) is 4.57 Å². The van der Waals surface area contributed by atoms with E-state index < -0.39 is 0 Å². The normalized spacial score (nSPS) is 16.8. The minimum atomic E-state index is -0.214. The van der Waals surface area contributed by atoms with E-state index in [2.05, 4.69) is 187 Å². The summed E-state index contributed by atoms with van der Waals surface area (Å²) in [7, 11) is 0. The van der Waals surface area contributed by atoms with Crippen molar-refractivity contribution in [2.75, 3.05) is 0 Å². The van der Waals surface area contributed by atoms with Gasteiger partial charge in [-0.2, -0.15) is 0 Å². The molecule has 6 aromatic carbocycles. The molecule has 0 bridgehead atoms. The highest BCUT2D eigenvalue weighted by atomic mass is 15.1. The Kier molecular flexibility index (Phi) is 6.69. The number of hydrogen-bond donors (Lipinski definition) is 0. The maximum absolute atomic E-state index is 5.24. The lowest BCUT2D eigenvalue weighted by Crippen LogP contribution is -2.42. The number of benzene rings is 6. The summed E-state index contributed by atoms with van der Waals surface area (Å²) in [5.41, 5.74) is 13.1. The third kappa shape index (κ3) is 4.52. The van der Waals surface area contributed by atoms with Gasteiger partial charge in [-0.15, -0.1) is 0 Å². The topological polar surface area (TPSA) is 17.8 Å². The van der Waals surface area contributed by atoms with Crippen LogP contribution >= 0.6 is 0 Å². The van der Waals surface area contributed by atoms with Crippen LogP contribution in [0.15, 0.2) is 182 Å². The van der Waals surface area contributed by atoms with E-state index in [9.17, 15) is 0 Å². The van der Waals surface area contributed by atoms with Crippen molar-refractivity contribution in [1.82, 2.24) is 9.55 Å². The summed E-state index contributed by atoms with van der Waals surface area (Å²) in [5, 5.41) is 2.52. The molecular formula is C46H34N2. The second-order valence-electron chi connectivity index (χ2n) is 13.0. The molecule has 1 heterocycles. The average molecular weight is 615 g/mol. The maximum atomic E-state index is 5.24. The van der Waals surface area contributed by atoms with Gasteiger partial charge < -0.3 is 0 Å². The smallest absolute Gasteiger partial charge is 0.145 e. The Labute approximate surface area is 281 Å². The van der Waals surface area contributed by atoms with Gasteiger partial charge in [0.05, 0.1) is 11.0 Å². The van der Waals surface area contributed by atoms with Gasteiger partial charge in [-0.1, -0.05) is 153 Å². The van der Waals surface area contributed by atoms with E-state index in [0.717, 1.165) is 34.5 Å². The van der Waals surface area contributed by atoms with Crippen molar-refractivity contribution in [3.8, 4) is 28.2 Å². The summed E-state index contributed by atoms with van der Waals surface area (Å²) in [6.07, 6.45) is 7.84. The van der Waals surface area contributed by atoms with E-state index in [0.29, 0.717) is 0 Å². The van der Waals surface area contributed by atoms with Gasteiger partial charge in [0.25, 0.3) is 0 Å². The quantitative estimate of drug-likeness (QED) is 0.189. The summed E-state index contributed by atoms with van der Waals surface area (Å²) in [4.78, 5) is 5.24. The summed E-state index contributed by atoms with van der Waals surface area (Å²) in [6, 6.07) is 56.7. The summed E-state index contributed by atoms with van der Waals surface area (Å²) in [6.45, 7) is 2.43. The van der Waals surface area contributed by atoms with Crippen molar-refractivity contribution < 1.29 is 0 Å². The van der Waals surface area contributed by atoms with Gasteiger partial charge in [0.15, 0.2) is 0 Å². The predicted octanol–water partition coefficient (Wildman–Crippen LogP) is 9.66. The second-order valence-corrected chi connectivity index (χ2v) is 13.0. The number of rotatable bonds is 5. The molecule has 228 valence electrons. The molecule has 2 aliphatic rings. The van der Waals surface area contributed by atoms with E-state index in [1.807, 2.05) is 0 Å². The Hall–Kier alpha value is -5.99. The van der Waals surface area contributed by atoms with Crippen LogP contribution in [0.2, 0.25) is 0 Å². The number of hydrogen-bond acceptors (Lipinski definition) is 1. The Morgan fingerprint density at radius 1 is 0.562 bits per heavy atom. The minimum Gasteiger partial charge on any atom is -0.292 e. The van der Waals surface area contributed by atoms with Crippen molar-refractivity contribution in [2.45, 2.75) is 13.3 Å². The largest absolute Gasteiger partial charge is 0.292 e. The molecule has 0 amide bonds. The number of para-hydroxylation sites is 3. The SMILES string of the molecule is CC12CC=CC=C1C(c1ccc(-c3ccccc3)cc1)=c1ccc(-c3nc4ccccc4n3-c3ccccc3)cc1=C2c1ccccc1. The fourth-order valence-corrected chi connectivity index (χ4v) is 7.82. The lowest BCUT2D eigenvalue weighted by Gasteiger charge is -2.40. The van der Waals surface area contributed by atoms with Gasteiger partial charge in [0, 0.05) is 16.7 Å². The highest BCUT2D eigenvalue weighted by Crippen LogP contribution is 2.50. The molecule has 0 spiro atoms. The monoisotopic (exact) mass is 614 g/mol. The molecule has 0 saturated heterocycles. The third-order valence-electron chi connectivity index (χ3n) is 10.1. The predicted molar refractivity (Wildman–Crippen MR) is 199 cm³/mol. The van der Waals surface area contributed by atoms with Crippen LogP contribution in [0.25, 0.3) is 50.4 Å². The standard InChI is InChI=1S/C46H34N2/c1-46-30-14-13-21-40(46)43(34-26-24-33(25-27-34)32-15-5-2-6-16-32)38-29-28-36(31-39(38)44(46)35-17-7-3-8-18-35)45-47-41-22-11-12-23-42(41)48(45)37-19-9-4-10-20-37/h2-29,31H,30H2,1H3. The molecule has 1 unspecified atom stereocenters. The summed E-state index contributed by atoms with van der Waals surface area (Å²) < 4.78 is 2.30. The van der Waals surface area contributed by atoms with E-state index in [1.54, 1.807) is 0 Å². The zero-order chi connectivity index (χ0) is 32.1. The van der Waals surface area contributed by atoms with Gasteiger partial charge in [0.1, 0.15) is 5.82 Å². The van der Waals surface area contributed by atoms with E-state index >= 15 is 0 Å². The van der Waals surface area contributed by atoms with Crippen molar-refractivity contribution in [1.29, 1.82) is 0 Å². The van der Waals surface area contributed by atoms with Crippen LogP contribution in [0.5, 0.6) is 0 Å². The maximum Gasteiger partial charge on any atom is 0.145 e. The van der Waals surface area contributed by atoms with Gasteiger partial charge in [-0.25, -0.2) is 4.98 Å². The van der Waals surface area contributed by atoms with Crippen molar-refractivity contribution in [3.63, 3.8) is 0 Å². The molecule has 7 aromatic rings. The van der Waals surface area contributed by atoms with Crippen molar-refractivity contribution in [3.05, 3.63) is 203 Å². The molecule has 2 nitrogen and oxygen atoms in total. The van der Waals surface area contributed by atoms with Gasteiger partial charge >= 0.3 is 0 Å². The molecule has 1 atom stereocenters. The van der Waals surface area contributed by atoms with E-state index in [4.69, 9.17) is 4.98 Å². The summed E-state index contributed by atoms with van der Waals surface area (Å²) in [5.74, 6) is 0.946. The van der Waals surface area contributed by atoms with Crippen LogP contribution < -0.4 is 10.4 Å². The average Bonchev–Trinajstić information content (AvgIpc) is 3.54. The van der Waals surface area contributed by atoms with Crippen molar-refractivity contribution in [2.24, 2.45) is 5.41 Å².